The lowest BCUT2D eigenvalue weighted by Crippen LogP contribution is -2.20. The summed E-state index contributed by atoms with van der Waals surface area (Å²) in [5.41, 5.74) is 0. The van der Waals surface area contributed by atoms with E-state index in [0.717, 1.165) is 6.54 Å². The second-order valence-corrected chi connectivity index (χ2v) is 2.53. The molecule has 1 unspecified atom stereocenters. The number of hydrogen-bond acceptors (Lipinski definition) is 1. The first-order valence-corrected chi connectivity index (χ1v) is 3.25. The fourth-order valence-corrected chi connectivity index (χ4v) is 0.759. The van der Waals surface area contributed by atoms with Crippen LogP contribution in [0.2, 0.25) is 0 Å². The van der Waals surface area contributed by atoms with Gasteiger partial charge in [0.15, 0.2) is 0 Å². The zero-order chi connectivity index (χ0) is 7.98. The molecular weight excluding hydrogens is 122 g/mol. The van der Waals surface area contributed by atoms with Crippen molar-refractivity contribution in [3.8, 4) is 24.7 Å². The first kappa shape index (κ1) is 9.08. The summed E-state index contributed by atoms with van der Waals surface area (Å²) in [5.74, 6) is 5.41. The van der Waals surface area contributed by atoms with Gasteiger partial charge in [-0.1, -0.05) is 0 Å². The van der Waals surface area contributed by atoms with Crippen molar-refractivity contribution in [2.75, 3.05) is 20.6 Å². The summed E-state index contributed by atoms with van der Waals surface area (Å²) in [5, 5.41) is 0. The van der Waals surface area contributed by atoms with Crippen molar-refractivity contribution in [3.05, 3.63) is 0 Å². The molecule has 0 aliphatic carbocycles. The van der Waals surface area contributed by atoms with Gasteiger partial charge in [0.05, 0.1) is 0 Å². The fourth-order valence-electron chi connectivity index (χ4n) is 0.759. The van der Waals surface area contributed by atoms with Gasteiger partial charge >= 0.3 is 0 Å². The van der Waals surface area contributed by atoms with E-state index in [1.807, 2.05) is 19.0 Å². The Morgan fingerprint density at radius 2 is 2.00 bits per heavy atom. The van der Waals surface area contributed by atoms with Gasteiger partial charge in [0.1, 0.15) is 0 Å². The molecule has 1 nitrogen and oxygen atoms in total. The van der Waals surface area contributed by atoms with Gasteiger partial charge in [0.2, 0.25) is 0 Å². The molecule has 0 radical (unpaired) electrons. The minimum absolute atomic E-state index is 0.208. The summed E-state index contributed by atoms with van der Waals surface area (Å²) < 4.78 is 0. The smallest absolute Gasteiger partial charge is 0.0436 e. The van der Waals surface area contributed by atoms with Crippen LogP contribution in [0, 0.1) is 30.6 Å². The zero-order valence-electron chi connectivity index (χ0n) is 6.59. The van der Waals surface area contributed by atoms with Gasteiger partial charge in [0.25, 0.3) is 0 Å². The topological polar surface area (TPSA) is 3.24 Å². The van der Waals surface area contributed by atoms with Crippen LogP contribution in [-0.2, 0) is 0 Å². The van der Waals surface area contributed by atoms with Gasteiger partial charge in [-0.15, -0.1) is 24.7 Å². The minimum Gasteiger partial charge on any atom is -0.308 e. The van der Waals surface area contributed by atoms with Crippen molar-refractivity contribution in [3.63, 3.8) is 0 Å². The van der Waals surface area contributed by atoms with Crippen LogP contribution in [0.3, 0.4) is 0 Å². The van der Waals surface area contributed by atoms with Crippen LogP contribution in [0.1, 0.15) is 6.42 Å². The van der Waals surface area contributed by atoms with E-state index < -0.39 is 0 Å². The highest BCUT2D eigenvalue weighted by Crippen LogP contribution is 2.00. The third-order valence-corrected chi connectivity index (χ3v) is 1.19. The lowest BCUT2D eigenvalue weighted by Gasteiger charge is -2.12. The number of terminal acetylenes is 2. The van der Waals surface area contributed by atoms with E-state index in [-0.39, 0.29) is 5.92 Å². The van der Waals surface area contributed by atoms with Crippen molar-refractivity contribution in [1.29, 1.82) is 0 Å². The van der Waals surface area contributed by atoms with E-state index in [9.17, 15) is 0 Å². The number of rotatable bonds is 3. The lowest BCUT2D eigenvalue weighted by molar-refractivity contribution is 0.367. The molecule has 0 aromatic rings. The molecule has 1 atom stereocenters. The maximum absolute atomic E-state index is 5.23. The van der Waals surface area contributed by atoms with Crippen molar-refractivity contribution in [1.82, 2.24) is 4.90 Å². The largest absolute Gasteiger partial charge is 0.308 e. The standard InChI is InChI=1S/C9H13N/c1-5-7-9(6-2)8-10(3)4/h1-2,9H,7-8H2,3-4H3. The molecule has 54 valence electrons. The maximum atomic E-state index is 5.23. The monoisotopic (exact) mass is 135 g/mol. The second-order valence-electron chi connectivity index (χ2n) is 2.53. The van der Waals surface area contributed by atoms with Gasteiger partial charge in [-0.3, -0.25) is 0 Å². The predicted octanol–water partition coefficient (Wildman–Crippen LogP) is 0.821. The summed E-state index contributed by atoms with van der Waals surface area (Å²) in [6.45, 7) is 0.876. The molecule has 1 heteroatoms. The van der Waals surface area contributed by atoms with Crippen LogP contribution in [0.4, 0.5) is 0 Å². The Morgan fingerprint density at radius 1 is 1.40 bits per heavy atom. The second kappa shape index (κ2) is 4.91. The first-order chi connectivity index (χ1) is 4.70. The van der Waals surface area contributed by atoms with Crippen LogP contribution in [0.25, 0.3) is 0 Å². The Labute approximate surface area is 63.4 Å². The zero-order valence-corrected chi connectivity index (χ0v) is 6.59. The number of hydrogen-bond donors (Lipinski definition) is 0. The first-order valence-electron chi connectivity index (χ1n) is 3.25. The quantitative estimate of drug-likeness (QED) is 0.518. The molecule has 0 saturated carbocycles. The van der Waals surface area contributed by atoms with Crippen molar-refractivity contribution in [2.45, 2.75) is 6.42 Å². The molecule has 0 aliphatic heterocycles. The molecular formula is C9H13N. The third kappa shape index (κ3) is 4.01. The Morgan fingerprint density at radius 3 is 2.30 bits per heavy atom. The Balaban J connectivity index is 3.66. The van der Waals surface area contributed by atoms with Crippen LogP contribution >= 0.6 is 0 Å². The molecule has 0 aromatic carbocycles. The molecule has 0 amide bonds. The highest BCUT2D eigenvalue weighted by molar-refractivity contribution is 5.01. The molecule has 0 rings (SSSR count). The Kier molecular flexibility index (Phi) is 4.46. The summed E-state index contributed by atoms with van der Waals surface area (Å²) in [6, 6.07) is 0. The molecule has 0 spiro atoms. The minimum atomic E-state index is 0.208. The van der Waals surface area contributed by atoms with E-state index in [1.165, 1.54) is 0 Å². The van der Waals surface area contributed by atoms with E-state index in [1.54, 1.807) is 0 Å². The molecule has 0 heterocycles. The molecule has 0 aliphatic rings. The molecule has 0 N–H and O–H groups in total. The van der Waals surface area contributed by atoms with Crippen molar-refractivity contribution >= 4 is 0 Å². The van der Waals surface area contributed by atoms with E-state index in [4.69, 9.17) is 12.8 Å². The normalized spacial score (nSPS) is 12.1. The van der Waals surface area contributed by atoms with Gasteiger partial charge < -0.3 is 4.90 Å². The highest BCUT2D eigenvalue weighted by Gasteiger charge is 2.02. The molecule has 10 heavy (non-hydrogen) atoms. The summed E-state index contributed by atoms with van der Waals surface area (Å²) in [6.07, 6.45) is 11.0. The summed E-state index contributed by atoms with van der Waals surface area (Å²) >= 11 is 0. The third-order valence-electron chi connectivity index (χ3n) is 1.19. The van der Waals surface area contributed by atoms with Crippen molar-refractivity contribution in [2.24, 2.45) is 5.92 Å². The van der Waals surface area contributed by atoms with E-state index in [2.05, 4.69) is 11.8 Å². The van der Waals surface area contributed by atoms with Gasteiger partial charge in [0, 0.05) is 18.9 Å². The van der Waals surface area contributed by atoms with Crippen LogP contribution in [-0.4, -0.2) is 25.5 Å². The van der Waals surface area contributed by atoms with E-state index in [0.29, 0.717) is 6.42 Å². The van der Waals surface area contributed by atoms with Gasteiger partial charge in [-0.05, 0) is 14.1 Å². The summed E-state index contributed by atoms with van der Waals surface area (Å²) in [7, 11) is 3.97. The molecule has 0 aromatic heterocycles. The lowest BCUT2D eigenvalue weighted by atomic mass is 10.1. The van der Waals surface area contributed by atoms with Gasteiger partial charge in [-0.2, -0.15) is 0 Å². The van der Waals surface area contributed by atoms with Crippen LogP contribution in [0.5, 0.6) is 0 Å². The average molecular weight is 135 g/mol. The molecule has 0 bridgehead atoms. The highest BCUT2D eigenvalue weighted by atomic mass is 15.1. The SMILES string of the molecule is C#CCC(C#C)CN(C)C. The maximum Gasteiger partial charge on any atom is 0.0436 e. The van der Waals surface area contributed by atoms with E-state index >= 15 is 0 Å². The number of nitrogens with zero attached hydrogens (tertiary/aromatic N) is 1. The Hall–Kier alpha value is -0.920. The average Bonchev–Trinajstić information content (AvgIpc) is 1.86. The van der Waals surface area contributed by atoms with Crippen LogP contribution in [0.15, 0.2) is 0 Å². The Bertz CT molecular complexity index is 157. The van der Waals surface area contributed by atoms with Crippen LogP contribution < -0.4 is 0 Å². The summed E-state index contributed by atoms with van der Waals surface area (Å²) in [4.78, 5) is 2.04. The van der Waals surface area contributed by atoms with Gasteiger partial charge in [-0.25, -0.2) is 0 Å². The predicted molar refractivity (Wildman–Crippen MR) is 44.3 cm³/mol. The fraction of sp³-hybridized carbons (Fsp3) is 0.556. The van der Waals surface area contributed by atoms with Crippen molar-refractivity contribution < 1.29 is 0 Å². The molecule has 0 fully saturated rings. The molecule has 0 saturated heterocycles.